The van der Waals surface area contributed by atoms with Crippen molar-refractivity contribution < 1.29 is 23.5 Å². The second kappa shape index (κ2) is 8.18. The van der Waals surface area contributed by atoms with Gasteiger partial charge >= 0.3 is 5.97 Å². The van der Waals surface area contributed by atoms with Gasteiger partial charge in [-0.05, 0) is 43.2 Å². The van der Waals surface area contributed by atoms with E-state index in [2.05, 4.69) is 10.6 Å². The van der Waals surface area contributed by atoms with Gasteiger partial charge < -0.3 is 15.4 Å². The Hall–Kier alpha value is -2.93. The van der Waals surface area contributed by atoms with Crippen molar-refractivity contribution in [1.82, 2.24) is 5.32 Å². The van der Waals surface area contributed by atoms with Crippen LogP contribution >= 0.6 is 11.6 Å². The monoisotopic (exact) mass is 390 g/mol. The Morgan fingerprint density at radius 3 is 2.56 bits per heavy atom. The molecule has 0 saturated heterocycles. The van der Waals surface area contributed by atoms with Gasteiger partial charge in [0, 0.05) is 6.04 Å². The number of hydrogen-bond donors (Lipinski definition) is 2. The van der Waals surface area contributed by atoms with Crippen molar-refractivity contribution in [2.24, 2.45) is 0 Å². The first-order valence-corrected chi connectivity index (χ1v) is 8.64. The van der Waals surface area contributed by atoms with Crippen LogP contribution in [-0.4, -0.2) is 30.4 Å². The number of rotatable bonds is 6. The van der Waals surface area contributed by atoms with Crippen molar-refractivity contribution in [1.29, 1.82) is 0 Å². The standard InChI is InChI=1S/C19H16ClFN2O4/c20-15-9-11(21)5-8-13(15)19(26)27-10-17(24)23-16-4-2-1-3-14(16)18(25)22-12-6-7-12/h1-5,8-9,12H,6-7,10H2,(H,22,25)(H,23,24). The number of hydrogen-bond acceptors (Lipinski definition) is 4. The smallest absolute Gasteiger partial charge is 0.340 e. The average molecular weight is 391 g/mol. The maximum atomic E-state index is 13.0. The van der Waals surface area contributed by atoms with E-state index >= 15 is 0 Å². The van der Waals surface area contributed by atoms with Crippen LogP contribution in [0.5, 0.6) is 0 Å². The lowest BCUT2D eigenvalue weighted by Crippen LogP contribution is -2.28. The number of nitrogens with one attached hydrogen (secondary N) is 2. The highest BCUT2D eigenvalue weighted by atomic mass is 35.5. The van der Waals surface area contributed by atoms with Crippen LogP contribution in [0.2, 0.25) is 5.02 Å². The molecule has 0 spiro atoms. The largest absolute Gasteiger partial charge is 0.452 e. The first-order chi connectivity index (χ1) is 12.9. The summed E-state index contributed by atoms with van der Waals surface area (Å²) in [6.07, 6.45) is 1.89. The van der Waals surface area contributed by atoms with Crippen LogP contribution in [0.3, 0.4) is 0 Å². The molecule has 2 aromatic rings. The number of carbonyl (C=O) groups excluding carboxylic acids is 3. The molecular weight excluding hydrogens is 375 g/mol. The zero-order valence-electron chi connectivity index (χ0n) is 14.1. The maximum absolute atomic E-state index is 13.0. The minimum Gasteiger partial charge on any atom is -0.452 e. The van der Waals surface area contributed by atoms with E-state index in [0.717, 1.165) is 25.0 Å². The van der Waals surface area contributed by atoms with E-state index < -0.39 is 24.3 Å². The molecule has 0 atom stereocenters. The van der Waals surface area contributed by atoms with E-state index in [1.807, 2.05) is 0 Å². The van der Waals surface area contributed by atoms with E-state index in [1.54, 1.807) is 24.3 Å². The Balaban J connectivity index is 1.59. The van der Waals surface area contributed by atoms with E-state index in [0.29, 0.717) is 11.3 Å². The predicted molar refractivity (Wildman–Crippen MR) is 97.3 cm³/mol. The number of halogens is 2. The summed E-state index contributed by atoms with van der Waals surface area (Å²) in [5.41, 5.74) is 0.595. The predicted octanol–water partition coefficient (Wildman–Crippen LogP) is 3.17. The van der Waals surface area contributed by atoms with Crippen LogP contribution in [0.15, 0.2) is 42.5 Å². The molecule has 2 aromatic carbocycles. The van der Waals surface area contributed by atoms with Gasteiger partial charge in [-0.15, -0.1) is 0 Å². The first kappa shape index (κ1) is 18.8. The van der Waals surface area contributed by atoms with Crippen molar-refractivity contribution in [3.8, 4) is 0 Å². The second-order valence-electron chi connectivity index (χ2n) is 6.04. The number of benzene rings is 2. The zero-order chi connectivity index (χ0) is 19.4. The van der Waals surface area contributed by atoms with Gasteiger partial charge in [-0.3, -0.25) is 9.59 Å². The molecule has 0 radical (unpaired) electrons. The van der Waals surface area contributed by atoms with Gasteiger partial charge in [0.2, 0.25) is 0 Å². The van der Waals surface area contributed by atoms with Gasteiger partial charge in [0.15, 0.2) is 6.61 Å². The van der Waals surface area contributed by atoms with Gasteiger partial charge in [0.25, 0.3) is 11.8 Å². The van der Waals surface area contributed by atoms with Gasteiger partial charge in [-0.2, -0.15) is 0 Å². The molecule has 0 aliphatic heterocycles. The molecule has 2 amide bonds. The molecule has 0 aromatic heterocycles. The van der Waals surface area contributed by atoms with E-state index in [4.69, 9.17) is 16.3 Å². The van der Waals surface area contributed by atoms with Crippen molar-refractivity contribution in [2.75, 3.05) is 11.9 Å². The molecule has 3 rings (SSSR count). The highest BCUT2D eigenvalue weighted by Crippen LogP contribution is 2.22. The lowest BCUT2D eigenvalue weighted by Gasteiger charge is -2.11. The van der Waals surface area contributed by atoms with Gasteiger partial charge in [-0.1, -0.05) is 23.7 Å². The first-order valence-electron chi connectivity index (χ1n) is 8.26. The summed E-state index contributed by atoms with van der Waals surface area (Å²) in [7, 11) is 0. The molecule has 2 N–H and O–H groups in total. The average Bonchev–Trinajstić information content (AvgIpc) is 3.44. The molecular formula is C19H16ClFN2O4. The fourth-order valence-electron chi connectivity index (χ4n) is 2.33. The summed E-state index contributed by atoms with van der Waals surface area (Å²) in [5.74, 6) is -2.33. The van der Waals surface area contributed by atoms with Crippen molar-refractivity contribution in [3.05, 3.63) is 64.4 Å². The number of carbonyl (C=O) groups is 3. The van der Waals surface area contributed by atoms with E-state index in [-0.39, 0.29) is 22.5 Å². The lowest BCUT2D eigenvalue weighted by atomic mass is 10.1. The summed E-state index contributed by atoms with van der Waals surface area (Å²) < 4.78 is 17.9. The summed E-state index contributed by atoms with van der Waals surface area (Å²) in [5, 5.41) is 5.28. The molecule has 140 valence electrons. The van der Waals surface area contributed by atoms with Crippen LogP contribution in [0.1, 0.15) is 33.6 Å². The molecule has 6 nitrogen and oxygen atoms in total. The third kappa shape index (κ3) is 5.04. The number of esters is 1. The number of para-hydroxylation sites is 1. The van der Waals surface area contributed by atoms with Crippen LogP contribution in [0.25, 0.3) is 0 Å². The van der Waals surface area contributed by atoms with Gasteiger partial charge in [-0.25, -0.2) is 9.18 Å². The Kier molecular flexibility index (Phi) is 5.71. The number of amides is 2. The summed E-state index contributed by atoms with van der Waals surface area (Å²) in [6.45, 7) is -0.578. The quantitative estimate of drug-likeness (QED) is 0.742. The normalized spacial score (nSPS) is 13.0. The third-order valence-corrected chi connectivity index (χ3v) is 4.16. The Morgan fingerprint density at radius 2 is 1.85 bits per heavy atom. The molecule has 1 saturated carbocycles. The lowest BCUT2D eigenvalue weighted by molar-refractivity contribution is -0.119. The van der Waals surface area contributed by atoms with Crippen molar-refractivity contribution in [2.45, 2.75) is 18.9 Å². The fourth-order valence-corrected chi connectivity index (χ4v) is 2.58. The molecule has 0 unspecified atom stereocenters. The molecule has 1 fully saturated rings. The van der Waals surface area contributed by atoms with Crippen LogP contribution < -0.4 is 10.6 Å². The highest BCUT2D eigenvalue weighted by molar-refractivity contribution is 6.33. The van der Waals surface area contributed by atoms with Crippen LogP contribution in [0, 0.1) is 5.82 Å². The number of anilines is 1. The second-order valence-corrected chi connectivity index (χ2v) is 6.45. The topological polar surface area (TPSA) is 84.5 Å². The Labute approximate surface area is 159 Å². The maximum Gasteiger partial charge on any atom is 0.340 e. The van der Waals surface area contributed by atoms with Crippen LogP contribution in [-0.2, 0) is 9.53 Å². The van der Waals surface area contributed by atoms with Crippen molar-refractivity contribution in [3.63, 3.8) is 0 Å². The Bertz CT molecular complexity index is 899. The summed E-state index contributed by atoms with van der Waals surface area (Å²) in [4.78, 5) is 36.3. The van der Waals surface area contributed by atoms with Crippen molar-refractivity contribution >= 4 is 35.1 Å². The SMILES string of the molecule is O=C(COC(=O)c1ccc(F)cc1Cl)Nc1ccccc1C(=O)NC1CC1. The third-order valence-electron chi connectivity index (χ3n) is 3.84. The van der Waals surface area contributed by atoms with Gasteiger partial charge in [0.05, 0.1) is 21.8 Å². The molecule has 1 aliphatic carbocycles. The zero-order valence-corrected chi connectivity index (χ0v) is 14.9. The van der Waals surface area contributed by atoms with Crippen LogP contribution in [0.4, 0.5) is 10.1 Å². The summed E-state index contributed by atoms with van der Waals surface area (Å²) >= 11 is 5.79. The van der Waals surface area contributed by atoms with Gasteiger partial charge in [0.1, 0.15) is 5.82 Å². The minimum atomic E-state index is -0.852. The Morgan fingerprint density at radius 1 is 1.11 bits per heavy atom. The molecule has 0 heterocycles. The molecule has 8 heteroatoms. The highest BCUT2D eigenvalue weighted by Gasteiger charge is 2.25. The molecule has 0 bridgehead atoms. The minimum absolute atomic E-state index is 0.0462. The molecule has 27 heavy (non-hydrogen) atoms. The summed E-state index contributed by atoms with van der Waals surface area (Å²) in [6, 6.07) is 9.94. The van der Waals surface area contributed by atoms with E-state index in [9.17, 15) is 18.8 Å². The number of ether oxygens (including phenoxy) is 1. The molecule has 1 aliphatic rings. The van der Waals surface area contributed by atoms with E-state index in [1.165, 1.54) is 6.07 Å². The fraction of sp³-hybridized carbons (Fsp3) is 0.211.